The molecule has 1 N–H and O–H groups in total. The minimum atomic E-state index is -0.220. The maximum absolute atomic E-state index is 12.7. The Morgan fingerprint density at radius 3 is 2.49 bits per heavy atom. The molecule has 0 atom stereocenters. The first-order valence-corrected chi connectivity index (χ1v) is 11.4. The predicted octanol–water partition coefficient (Wildman–Crippen LogP) is 4.92. The van der Waals surface area contributed by atoms with Crippen molar-refractivity contribution in [3.8, 4) is 28.8 Å². The van der Waals surface area contributed by atoms with Crippen LogP contribution in [0.3, 0.4) is 0 Å². The van der Waals surface area contributed by atoms with E-state index in [1.807, 2.05) is 62.4 Å². The van der Waals surface area contributed by atoms with Gasteiger partial charge in [0.25, 0.3) is 5.91 Å². The molecule has 4 aromatic rings. The van der Waals surface area contributed by atoms with Gasteiger partial charge in [-0.2, -0.15) is 4.98 Å². The highest BCUT2D eigenvalue weighted by Crippen LogP contribution is 2.25. The third-order valence-corrected chi connectivity index (χ3v) is 5.26. The molecular formula is C27H28N4O4. The number of anilines is 1. The van der Waals surface area contributed by atoms with Gasteiger partial charge in [-0.25, -0.2) is 4.68 Å². The molecule has 8 heteroatoms. The summed E-state index contributed by atoms with van der Waals surface area (Å²) in [4.78, 5) is 17.4. The molecule has 0 bridgehead atoms. The number of amides is 1. The average Bonchev–Trinajstić information content (AvgIpc) is 3.31. The molecule has 1 aromatic heterocycles. The Balaban J connectivity index is 1.61. The van der Waals surface area contributed by atoms with E-state index in [1.165, 1.54) is 0 Å². The fraction of sp³-hybridized carbons (Fsp3) is 0.222. The van der Waals surface area contributed by atoms with Crippen molar-refractivity contribution in [3.63, 3.8) is 0 Å². The van der Waals surface area contributed by atoms with Crippen LogP contribution < -0.4 is 14.8 Å². The molecule has 0 aliphatic rings. The van der Waals surface area contributed by atoms with Crippen molar-refractivity contribution in [2.45, 2.75) is 13.8 Å². The zero-order valence-electron chi connectivity index (χ0n) is 20.0. The fourth-order valence-electron chi connectivity index (χ4n) is 3.42. The molecular weight excluding hydrogens is 444 g/mol. The third kappa shape index (κ3) is 6.04. The summed E-state index contributed by atoms with van der Waals surface area (Å²) in [7, 11) is 1.59. The summed E-state index contributed by atoms with van der Waals surface area (Å²) in [5, 5.41) is 7.51. The van der Waals surface area contributed by atoms with Gasteiger partial charge in [0.05, 0.1) is 19.4 Å². The number of aromatic nitrogens is 3. The zero-order valence-corrected chi connectivity index (χ0v) is 20.0. The maximum atomic E-state index is 12.7. The molecule has 4 rings (SSSR count). The summed E-state index contributed by atoms with van der Waals surface area (Å²) in [6.45, 7) is 5.39. The van der Waals surface area contributed by atoms with Crippen LogP contribution in [-0.4, -0.2) is 47.6 Å². The molecule has 180 valence electrons. The van der Waals surface area contributed by atoms with E-state index in [4.69, 9.17) is 14.2 Å². The van der Waals surface area contributed by atoms with E-state index in [0.717, 1.165) is 16.8 Å². The summed E-state index contributed by atoms with van der Waals surface area (Å²) in [5.74, 6) is 1.11. The number of benzene rings is 3. The lowest BCUT2D eigenvalue weighted by Crippen LogP contribution is -2.12. The summed E-state index contributed by atoms with van der Waals surface area (Å²) in [6.07, 6.45) is 0. The van der Waals surface area contributed by atoms with Gasteiger partial charge in [-0.15, -0.1) is 5.10 Å². The van der Waals surface area contributed by atoms with Gasteiger partial charge < -0.3 is 19.5 Å². The quantitative estimate of drug-likeness (QED) is 0.330. The van der Waals surface area contributed by atoms with Gasteiger partial charge in [-0.3, -0.25) is 4.79 Å². The Morgan fingerprint density at radius 2 is 1.77 bits per heavy atom. The summed E-state index contributed by atoms with van der Waals surface area (Å²) < 4.78 is 17.9. The third-order valence-electron chi connectivity index (χ3n) is 5.26. The van der Waals surface area contributed by atoms with E-state index >= 15 is 0 Å². The number of methoxy groups -OCH3 is 1. The SMILES string of the molecule is CCOCCOc1nc(-c2ccc(C)cc2)n(-c2cccc(NC(=O)c3ccc(OC)cc3)c2)n1. The van der Waals surface area contributed by atoms with Crippen LogP contribution in [0, 0.1) is 6.92 Å². The highest BCUT2D eigenvalue weighted by atomic mass is 16.5. The van der Waals surface area contributed by atoms with Crippen molar-refractivity contribution < 1.29 is 19.0 Å². The topological polar surface area (TPSA) is 87.5 Å². The van der Waals surface area contributed by atoms with E-state index in [1.54, 1.807) is 36.1 Å². The number of hydrogen-bond donors (Lipinski definition) is 1. The van der Waals surface area contributed by atoms with E-state index in [9.17, 15) is 4.79 Å². The molecule has 0 aliphatic heterocycles. The summed E-state index contributed by atoms with van der Waals surface area (Å²) in [6, 6.07) is 22.7. The largest absolute Gasteiger partial charge is 0.497 e. The van der Waals surface area contributed by atoms with Crippen LogP contribution in [0.2, 0.25) is 0 Å². The molecule has 0 spiro atoms. The second-order valence-corrected chi connectivity index (χ2v) is 7.77. The van der Waals surface area contributed by atoms with Gasteiger partial charge >= 0.3 is 6.01 Å². The number of hydrogen-bond acceptors (Lipinski definition) is 6. The first kappa shape index (κ1) is 24.0. The molecule has 35 heavy (non-hydrogen) atoms. The predicted molar refractivity (Wildman–Crippen MR) is 134 cm³/mol. The fourth-order valence-corrected chi connectivity index (χ4v) is 3.42. The van der Waals surface area contributed by atoms with Gasteiger partial charge in [-0.1, -0.05) is 35.9 Å². The van der Waals surface area contributed by atoms with E-state index in [2.05, 4.69) is 15.4 Å². The van der Waals surface area contributed by atoms with Crippen LogP contribution in [0.4, 0.5) is 5.69 Å². The van der Waals surface area contributed by atoms with Crippen LogP contribution >= 0.6 is 0 Å². The Kier molecular flexibility index (Phi) is 7.74. The Morgan fingerprint density at radius 1 is 1.00 bits per heavy atom. The van der Waals surface area contributed by atoms with Crippen LogP contribution in [0.1, 0.15) is 22.8 Å². The minimum absolute atomic E-state index is 0.220. The lowest BCUT2D eigenvalue weighted by atomic mass is 10.1. The van der Waals surface area contributed by atoms with Crippen molar-refractivity contribution in [3.05, 3.63) is 83.9 Å². The normalized spacial score (nSPS) is 10.7. The molecule has 1 heterocycles. The van der Waals surface area contributed by atoms with Crippen LogP contribution in [-0.2, 0) is 4.74 Å². The number of nitrogens with one attached hydrogen (secondary N) is 1. The maximum Gasteiger partial charge on any atom is 0.336 e. The highest BCUT2D eigenvalue weighted by molar-refractivity contribution is 6.04. The standard InChI is InChI=1S/C27H28N4O4/c1-4-34-16-17-35-27-29-25(20-10-8-19(2)9-11-20)31(30-27)23-7-5-6-22(18-23)28-26(32)21-12-14-24(33-3)15-13-21/h5-15,18H,4,16-17H2,1-3H3,(H,28,32). The second-order valence-electron chi connectivity index (χ2n) is 7.77. The van der Waals surface area contributed by atoms with Crippen LogP contribution in [0.15, 0.2) is 72.8 Å². The molecule has 3 aromatic carbocycles. The number of aryl methyl sites for hydroxylation is 1. The lowest BCUT2D eigenvalue weighted by molar-refractivity contribution is 0.102. The zero-order chi connectivity index (χ0) is 24.6. The highest BCUT2D eigenvalue weighted by Gasteiger charge is 2.16. The Labute approximate surface area is 204 Å². The first-order chi connectivity index (χ1) is 17.1. The second kappa shape index (κ2) is 11.3. The number of ether oxygens (including phenoxy) is 3. The van der Waals surface area contributed by atoms with Crippen molar-refractivity contribution in [2.24, 2.45) is 0 Å². The molecule has 0 radical (unpaired) electrons. The van der Waals surface area contributed by atoms with Gasteiger partial charge in [0.15, 0.2) is 5.82 Å². The van der Waals surface area contributed by atoms with Gasteiger partial charge in [0.1, 0.15) is 12.4 Å². The number of carbonyl (C=O) groups is 1. The van der Waals surface area contributed by atoms with E-state index in [0.29, 0.717) is 42.6 Å². The molecule has 0 fully saturated rings. The van der Waals surface area contributed by atoms with Crippen molar-refractivity contribution in [1.82, 2.24) is 14.8 Å². The molecule has 0 aliphatic carbocycles. The Hall–Kier alpha value is -4.17. The van der Waals surface area contributed by atoms with Gasteiger partial charge in [0.2, 0.25) is 0 Å². The van der Waals surface area contributed by atoms with Crippen molar-refractivity contribution in [1.29, 1.82) is 0 Å². The average molecular weight is 473 g/mol. The van der Waals surface area contributed by atoms with Crippen molar-refractivity contribution in [2.75, 3.05) is 32.2 Å². The Bertz CT molecular complexity index is 1270. The molecule has 0 saturated carbocycles. The number of nitrogens with zero attached hydrogens (tertiary/aromatic N) is 3. The number of rotatable bonds is 10. The van der Waals surface area contributed by atoms with E-state index < -0.39 is 0 Å². The monoisotopic (exact) mass is 472 g/mol. The van der Waals surface area contributed by atoms with Crippen LogP contribution in [0.25, 0.3) is 17.1 Å². The first-order valence-electron chi connectivity index (χ1n) is 11.4. The van der Waals surface area contributed by atoms with Gasteiger partial charge in [-0.05, 0) is 56.3 Å². The molecule has 8 nitrogen and oxygen atoms in total. The summed E-state index contributed by atoms with van der Waals surface area (Å²) in [5.41, 5.74) is 3.95. The smallest absolute Gasteiger partial charge is 0.336 e. The van der Waals surface area contributed by atoms with E-state index in [-0.39, 0.29) is 11.9 Å². The minimum Gasteiger partial charge on any atom is -0.497 e. The van der Waals surface area contributed by atoms with Crippen molar-refractivity contribution >= 4 is 11.6 Å². The molecule has 1 amide bonds. The summed E-state index contributed by atoms with van der Waals surface area (Å²) >= 11 is 0. The van der Waals surface area contributed by atoms with Crippen LogP contribution in [0.5, 0.6) is 11.8 Å². The van der Waals surface area contributed by atoms with Gasteiger partial charge in [0, 0.05) is 23.4 Å². The molecule has 0 unspecified atom stereocenters. The number of carbonyl (C=O) groups excluding carboxylic acids is 1. The molecule has 0 saturated heterocycles. The lowest BCUT2D eigenvalue weighted by Gasteiger charge is -2.10.